The predicted molar refractivity (Wildman–Crippen MR) is 134 cm³/mol. The number of sulfonamides is 1. The summed E-state index contributed by atoms with van der Waals surface area (Å²) in [7, 11) is -3.63. The number of carbonyl (C=O) groups is 1. The van der Waals surface area contributed by atoms with Gasteiger partial charge in [0.15, 0.2) is 5.17 Å². The van der Waals surface area contributed by atoms with Gasteiger partial charge in [0.2, 0.25) is 10.0 Å². The molecule has 3 aromatic carbocycles. The lowest BCUT2D eigenvalue weighted by molar-refractivity contribution is 0.0730. The second kappa shape index (κ2) is 9.71. The molecule has 9 heteroatoms. The molecule has 2 heterocycles. The maximum Gasteiger partial charge on any atom is 0.264 e. The van der Waals surface area contributed by atoms with Crippen LogP contribution in [-0.4, -0.2) is 50.1 Å². The van der Waals surface area contributed by atoms with Crippen LogP contribution in [0.2, 0.25) is 0 Å². The molecule has 0 aromatic heterocycles. The molecule has 0 bridgehead atoms. The van der Waals surface area contributed by atoms with E-state index in [1.165, 1.54) is 28.2 Å². The average molecular weight is 494 g/mol. The van der Waals surface area contributed by atoms with Crippen LogP contribution in [0.1, 0.15) is 15.9 Å². The van der Waals surface area contributed by atoms with E-state index in [1.807, 2.05) is 54.6 Å². The number of thioether (sulfide) groups is 1. The number of anilines is 1. The third kappa shape index (κ3) is 4.52. The summed E-state index contributed by atoms with van der Waals surface area (Å²) in [6, 6.07) is 23.4. The predicted octanol–water partition coefficient (Wildman–Crippen LogP) is 4.29. The van der Waals surface area contributed by atoms with Crippen molar-refractivity contribution >= 4 is 44.2 Å². The Morgan fingerprint density at radius 3 is 2.29 bits per heavy atom. The van der Waals surface area contributed by atoms with Gasteiger partial charge in [0.25, 0.3) is 5.91 Å². The van der Waals surface area contributed by atoms with Gasteiger partial charge in [-0.2, -0.15) is 4.31 Å². The summed E-state index contributed by atoms with van der Waals surface area (Å²) in [5.41, 5.74) is 2.97. The summed E-state index contributed by atoms with van der Waals surface area (Å²) in [4.78, 5) is 20.2. The highest BCUT2D eigenvalue weighted by molar-refractivity contribution is 8.13. The van der Waals surface area contributed by atoms with Gasteiger partial charge in [-0.25, -0.2) is 13.4 Å². The average Bonchev–Trinajstić information content (AvgIpc) is 2.89. The molecule has 34 heavy (non-hydrogen) atoms. The van der Waals surface area contributed by atoms with Crippen molar-refractivity contribution in [2.24, 2.45) is 4.99 Å². The number of rotatable bonds is 4. The van der Waals surface area contributed by atoms with Crippen LogP contribution in [0.4, 0.5) is 11.4 Å². The first kappa shape index (κ1) is 22.8. The molecule has 1 fully saturated rings. The number of morpholine rings is 1. The Hall–Kier alpha value is -2.98. The lowest BCUT2D eigenvalue weighted by Gasteiger charge is -2.30. The smallest absolute Gasteiger partial charge is 0.264 e. The lowest BCUT2D eigenvalue weighted by atomic mass is 10.1. The molecule has 174 valence electrons. The number of amidine groups is 1. The van der Waals surface area contributed by atoms with E-state index in [-0.39, 0.29) is 10.8 Å². The number of hydrogen-bond acceptors (Lipinski definition) is 6. The first-order chi connectivity index (χ1) is 16.5. The second-order valence-corrected chi connectivity index (χ2v) is 10.7. The fourth-order valence-electron chi connectivity index (χ4n) is 3.89. The topological polar surface area (TPSA) is 79.3 Å². The number of carbonyl (C=O) groups excluding carboxylic acids is 1. The molecule has 0 unspecified atom stereocenters. The molecular formula is C25H23N3O4S2. The second-order valence-electron chi connectivity index (χ2n) is 7.83. The van der Waals surface area contributed by atoms with Crippen LogP contribution in [0.5, 0.6) is 0 Å². The zero-order valence-electron chi connectivity index (χ0n) is 18.3. The molecular weight excluding hydrogens is 470 g/mol. The number of hydrogen-bond donors (Lipinski definition) is 0. The Morgan fingerprint density at radius 2 is 1.56 bits per heavy atom. The van der Waals surface area contributed by atoms with Crippen molar-refractivity contribution in [3.05, 3.63) is 90.0 Å². The van der Waals surface area contributed by atoms with Crippen molar-refractivity contribution in [2.45, 2.75) is 10.6 Å². The maximum atomic E-state index is 13.7. The molecule has 0 saturated carbocycles. The Kier molecular flexibility index (Phi) is 6.51. The highest BCUT2D eigenvalue weighted by Crippen LogP contribution is 2.36. The van der Waals surface area contributed by atoms with E-state index in [9.17, 15) is 13.2 Å². The van der Waals surface area contributed by atoms with Crippen molar-refractivity contribution in [1.29, 1.82) is 0 Å². The van der Waals surface area contributed by atoms with E-state index in [0.717, 1.165) is 16.9 Å². The molecule has 3 aromatic rings. The van der Waals surface area contributed by atoms with Gasteiger partial charge in [-0.3, -0.25) is 9.69 Å². The number of ether oxygens (including phenoxy) is 1. The lowest BCUT2D eigenvalue weighted by Crippen LogP contribution is -2.40. The highest BCUT2D eigenvalue weighted by Gasteiger charge is 2.31. The van der Waals surface area contributed by atoms with E-state index in [1.54, 1.807) is 17.0 Å². The molecule has 0 radical (unpaired) electrons. The summed E-state index contributed by atoms with van der Waals surface area (Å²) < 4.78 is 32.6. The van der Waals surface area contributed by atoms with Crippen molar-refractivity contribution < 1.29 is 17.9 Å². The van der Waals surface area contributed by atoms with Crippen LogP contribution >= 0.6 is 11.8 Å². The standard InChI is InChI=1S/C25H23N3O4S2/c29-24(19-10-12-22(13-11-19)34(30,31)27-14-16-32-17-15-27)28-23-9-5-4-6-20(23)18-33-25(28)26-21-7-2-1-3-8-21/h1-13H,14-18H2. The van der Waals surface area contributed by atoms with Crippen LogP contribution in [0, 0.1) is 0 Å². The molecule has 0 N–H and O–H groups in total. The zero-order chi connectivity index (χ0) is 23.5. The number of aliphatic imine (C=N–C) groups is 1. The monoisotopic (exact) mass is 493 g/mol. The van der Waals surface area contributed by atoms with E-state index < -0.39 is 10.0 Å². The number of fused-ring (bicyclic) bond motifs is 1. The van der Waals surface area contributed by atoms with Gasteiger partial charge < -0.3 is 4.74 Å². The van der Waals surface area contributed by atoms with E-state index in [4.69, 9.17) is 9.73 Å². The summed E-state index contributed by atoms with van der Waals surface area (Å²) >= 11 is 1.50. The number of para-hydroxylation sites is 2. The van der Waals surface area contributed by atoms with Gasteiger partial charge >= 0.3 is 0 Å². The molecule has 5 rings (SSSR count). The molecule has 1 amide bonds. The number of amides is 1. The molecule has 1 saturated heterocycles. The van der Waals surface area contributed by atoms with E-state index in [0.29, 0.717) is 42.8 Å². The highest BCUT2D eigenvalue weighted by atomic mass is 32.2. The summed E-state index contributed by atoms with van der Waals surface area (Å²) in [6.07, 6.45) is 0. The van der Waals surface area contributed by atoms with Gasteiger partial charge in [-0.05, 0) is 48.0 Å². The Balaban J connectivity index is 1.48. The Morgan fingerprint density at radius 1 is 0.882 bits per heavy atom. The molecule has 2 aliphatic rings. The third-order valence-electron chi connectivity index (χ3n) is 5.67. The fraction of sp³-hybridized carbons (Fsp3) is 0.200. The fourth-order valence-corrected chi connectivity index (χ4v) is 6.30. The van der Waals surface area contributed by atoms with Gasteiger partial charge in [0, 0.05) is 24.4 Å². The quantitative estimate of drug-likeness (QED) is 0.542. The van der Waals surface area contributed by atoms with E-state index in [2.05, 4.69) is 0 Å². The zero-order valence-corrected chi connectivity index (χ0v) is 20.0. The maximum absolute atomic E-state index is 13.7. The normalized spacial score (nSPS) is 18.0. The van der Waals surface area contributed by atoms with Crippen LogP contribution in [0.3, 0.4) is 0 Å². The molecule has 0 spiro atoms. The van der Waals surface area contributed by atoms with Gasteiger partial charge in [-0.1, -0.05) is 48.2 Å². The van der Waals surface area contributed by atoms with Crippen LogP contribution < -0.4 is 4.90 Å². The van der Waals surface area contributed by atoms with Crippen LogP contribution in [-0.2, 0) is 20.5 Å². The first-order valence-electron chi connectivity index (χ1n) is 10.9. The number of nitrogens with zero attached hydrogens (tertiary/aromatic N) is 3. The SMILES string of the molecule is O=C(c1ccc(S(=O)(=O)N2CCOCC2)cc1)N1C(=Nc2ccccc2)SCc2ccccc21. The number of benzene rings is 3. The van der Waals surface area contributed by atoms with Crippen molar-refractivity contribution in [1.82, 2.24) is 4.31 Å². The Bertz CT molecular complexity index is 1320. The van der Waals surface area contributed by atoms with Crippen molar-refractivity contribution in [3.8, 4) is 0 Å². The van der Waals surface area contributed by atoms with Crippen LogP contribution in [0.15, 0.2) is 88.8 Å². The van der Waals surface area contributed by atoms with Gasteiger partial charge in [0.05, 0.1) is 29.5 Å². The summed E-state index contributed by atoms with van der Waals surface area (Å²) in [5.74, 6) is 0.451. The minimum atomic E-state index is -3.63. The van der Waals surface area contributed by atoms with E-state index >= 15 is 0 Å². The largest absolute Gasteiger partial charge is 0.379 e. The summed E-state index contributed by atoms with van der Waals surface area (Å²) in [6.45, 7) is 1.41. The Labute approximate surface area is 203 Å². The van der Waals surface area contributed by atoms with Crippen molar-refractivity contribution in [2.75, 3.05) is 31.2 Å². The molecule has 2 aliphatic heterocycles. The minimum absolute atomic E-state index is 0.164. The molecule has 0 atom stereocenters. The third-order valence-corrected chi connectivity index (χ3v) is 8.57. The minimum Gasteiger partial charge on any atom is -0.379 e. The molecule has 0 aliphatic carbocycles. The first-order valence-corrected chi connectivity index (χ1v) is 13.3. The van der Waals surface area contributed by atoms with Gasteiger partial charge in [-0.15, -0.1) is 0 Å². The summed E-state index contributed by atoms with van der Waals surface area (Å²) in [5, 5.41) is 0.583. The van der Waals surface area contributed by atoms with Crippen molar-refractivity contribution in [3.63, 3.8) is 0 Å². The molecule has 7 nitrogen and oxygen atoms in total. The van der Waals surface area contributed by atoms with Crippen LogP contribution in [0.25, 0.3) is 0 Å². The van der Waals surface area contributed by atoms with Gasteiger partial charge in [0.1, 0.15) is 0 Å².